The van der Waals surface area contributed by atoms with Crippen molar-refractivity contribution in [3.05, 3.63) is 70.5 Å². The first kappa shape index (κ1) is 26.9. The molecule has 2 heterocycles. The van der Waals surface area contributed by atoms with Gasteiger partial charge in [-0.2, -0.15) is 26.3 Å². The molecule has 37 heavy (non-hydrogen) atoms. The number of fused-ring (bicyclic) bond motifs is 1. The van der Waals surface area contributed by atoms with Gasteiger partial charge in [0, 0.05) is 37.9 Å². The molecule has 12 heteroatoms. The van der Waals surface area contributed by atoms with E-state index >= 15 is 0 Å². The number of rotatable bonds is 5. The van der Waals surface area contributed by atoms with Crippen LogP contribution >= 0.6 is 0 Å². The van der Waals surface area contributed by atoms with Crippen LogP contribution in [0.25, 0.3) is 0 Å². The lowest BCUT2D eigenvalue weighted by Gasteiger charge is -2.37. The third-order valence-electron chi connectivity index (χ3n) is 6.63. The zero-order valence-corrected chi connectivity index (χ0v) is 19.5. The fraction of sp³-hybridized carbons (Fsp3) is 0.440. The summed E-state index contributed by atoms with van der Waals surface area (Å²) in [5.74, 6) is -1.64. The molecule has 4 rings (SSSR count). The van der Waals surface area contributed by atoms with Crippen molar-refractivity contribution in [2.75, 3.05) is 6.54 Å². The number of hydrogen-bond acceptors (Lipinski definition) is 3. The van der Waals surface area contributed by atoms with Gasteiger partial charge in [-0.05, 0) is 47.9 Å². The third-order valence-corrected chi connectivity index (χ3v) is 6.63. The van der Waals surface area contributed by atoms with Crippen LogP contribution in [0.4, 0.5) is 30.7 Å². The molecule has 0 aliphatic carbocycles. The number of nitrogens with one attached hydrogen (secondary N) is 1. The second-order valence-corrected chi connectivity index (χ2v) is 9.29. The Kier molecular flexibility index (Phi) is 7.24. The Morgan fingerprint density at radius 2 is 1.62 bits per heavy atom. The first-order chi connectivity index (χ1) is 17.2. The van der Waals surface area contributed by atoms with Crippen LogP contribution in [0, 0.1) is 5.82 Å². The summed E-state index contributed by atoms with van der Waals surface area (Å²) in [4.78, 5) is 25.9. The first-order valence-corrected chi connectivity index (χ1v) is 11.4. The summed E-state index contributed by atoms with van der Waals surface area (Å²) in [7, 11) is 0. The lowest BCUT2D eigenvalue weighted by molar-refractivity contribution is -0.143. The average molecular weight is 532 g/mol. The Bertz CT molecular complexity index is 1130. The highest BCUT2D eigenvalue weighted by Crippen LogP contribution is 2.42. The van der Waals surface area contributed by atoms with Gasteiger partial charge in [0.1, 0.15) is 5.82 Å². The number of carbonyl (C=O) groups excluding carboxylic acids is 2. The Hall–Kier alpha value is -3.15. The fourth-order valence-electron chi connectivity index (χ4n) is 5.13. The Morgan fingerprint density at radius 3 is 2.16 bits per heavy atom. The van der Waals surface area contributed by atoms with Crippen molar-refractivity contribution in [2.45, 2.75) is 62.8 Å². The number of nitrogens with zero attached hydrogens (tertiary/aromatic N) is 1. The van der Waals surface area contributed by atoms with Gasteiger partial charge in [0.05, 0.1) is 23.8 Å². The topological polar surface area (TPSA) is 58.6 Å². The molecule has 1 N–H and O–H groups in total. The summed E-state index contributed by atoms with van der Waals surface area (Å²) in [5, 5.41) is 2.72. The molecule has 2 aromatic carbocycles. The van der Waals surface area contributed by atoms with Crippen molar-refractivity contribution in [2.24, 2.45) is 0 Å². The number of hydrogen-bond donors (Lipinski definition) is 1. The molecule has 0 aromatic heterocycles. The number of ether oxygens (including phenoxy) is 1. The van der Waals surface area contributed by atoms with Gasteiger partial charge in [-0.15, -0.1) is 0 Å². The van der Waals surface area contributed by atoms with Gasteiger partial charge in [0.2, 0.25) is 11.8 Å². The largest absolute Gasteiger partial charge is 0.416 e. The van der Waals surface area contributed by atoms with Gasteiger partial charge in [-0.25, -0.2) is 4.39 Å². The van der Waals surface area contributed by atoms with E-state index in [0.29, 0.717) is 24.1 Å². The lowest BCUT2D eigenvalue weighted by atomic mass is 9.84. The van der Waals surface area contributed by atoms with E-state index in [4.69, 9.17) is 4.74 Å². The van der Waals surface area contributed by atoms with Crippen LogP contribution < -0.4 is 5.32 Å². The van der Waals surface area contributed by atoms with Crippen molar-refractivity contribution in [1.29, 1.82) is 0 Å². The highest BCUT2D eigenvalue weighted by molar-refractivity contribution is 5.80. The van der Waals surface area contributed by atoms with E-state index < -0.39 is 60.0 Å². The summed E-state index contributed by atoms with van der Waals surface area (Å²) in [6.45, 7) is 0.793. The van der Waals surface area contributed by atoms with Gasteiger partial charge in [-0.3, -0.25) is 9.59 Å². The van der Waals surface area contributed by atoms with E-state index in [1.807, 2.05) is 0 Å². The van der Waals surface area contributed by atoms with Gasteiger partial charge < -0.3 is 15.0 Å². The summed E-state index contributed by atoms with van der Waals surface area (Å²) in [6, 6.07) is 5.75. The Balaban J connectivity index is 1.63. The molecule has 4 atom stereocenters. The highest BCUT2D eigenvalue weighted by atomic mass is 19.4. The third kappa shape index (κ3) is 6.06. The standard InChI is InChI=1S/C25H23F7N2O3/c1-13(35)33-19-9-20-23(15-2-4-18(26)5-3-15)21(11-34(20)22(36)10-19)37-12-14-6-16(24(27,28)29)8-17(7-14)25(30,31)32/h2-8,19-21,23H,9-12H2,1H3,(H,33,35). The van der Waals surface area contributed by atoms with Crippen LogP contribution in [0.15, 0.2) is 42.5 Å². The van der Waals surface area contributed by atoms with Crippen LogP contribution in [-0.4, -0.2) is 41.4 Å². The molecule has 2 aliphatic heterocycles. The monoisotopic (exact) mass is 532 g/mol. The Labute approximate surface area is 207 Å². The molecule has 2 saturated heterocycles. The average Bonchev–Trinajstić information content (AvgIpc) is 3.15. The van der Waals surface area contributed by atoms with Crippen LogP contribution in [0.2, 0.25) is 0 Å². The van der Waals surface area contributed by atoms with E-state index in [1.54, 1.807) is 4.90 Å². The minimum absolute atomic E-state index is 0.0431. The van der Waals surface area contributed by atoms with Crippen LogP contribution in [0.1, 0.15) is 47.9 Å². The van der Waals surface area contributed by atoms with E-state index in [9.17, 15) is 40.3 Å². The molecule has 0 radical (unpaired) electrons. The molecule has 0 bridgehead atoms. The maximum atomic E-state index is 13.6. The molecular weight excluding hydrogens is 509 g/mol. The maximum Gasteiger partial charge on any atom is 0.416 e. The fourth-order valence-corrected chi connectivity index (χ4v) is 5.13. The first-order valence-electron chi connectivity index (χ1n) is 11.4. The molecule has 2 amide bonds. The van der Waals surface area contributed by atoms with Crippen molar-refractivity contribution >= 4 is 11.8 Å². The minimum Gasteiger partial charge on any atom is -0.371 e. The van der Waals surface area contributed by atoms with Crippen LogP contribution in [0.5, 0.6) is 0 Å². The van der Waals surface area contributed by atoms with Gasteiger partial charge >= 0.3 is 12.4 Å². The van der Waals surface area contributed by atoms with E-state index in [0.717, 1.165) is 0 Å². The quantitative estimate of drug-likeness (QED) is 0.549. The van der Waals surface area contributed by atoms with Gasteiger partial charge in [0.15, 0.2) is 0 Å². The van der Waals surface area contributed by atoms with E-state index in [2.05, 4.69) is 5.32 Å². The maximum absolute atomic E-state index is 13.6. The summed E-state index contributed by atoms with van der Waals surface area (Å²) in [6.07, 6.45) is -10.4. The second-order valence-electron chi connectivity index (χ2n) is 9.29. The molecule has 2 aromatic rings. The summed E-state index contributed by atoms with van der Waals surface area (Å²) < 4.78 is 99.0. The molecule has 4 unspecified atom stereocenters. The Morgan fingerprint density at radius 1 is 1.03 bits per heavy atom. The summed E-state index contributed by atoms with van der Waals surface area (Å²) in [5.41, 5.74) is -2.64. The van der Waals surface area contributed by atoms with Crippen molar-refractivity contribution in [3.8, 4) is 0 Å². The molecule has 200 valence electrons. The second kappa shape index (κ2) is 9.96. The highest BCUT2D eigenvalue weighted by Gasteiger charge is 2.49. The number of amides is 2. The smallest absolute Gasteiger partial charge is 0.371 e. The number of carbonyl (C=O) groups is 2. The van der Waals surface area contributed by atoms with Gasteiger partial charge in [-0.1, -0.05) is 12.1 Å². The predicted octanol–water partition coefficient (Wildman–Crippen LogP) is 5.04. The van der Waals surface area contributed by atoms with Crippen LogP contribution in [0.3, 0.4) is 0 Å². The zero-order valence-electron chi connectivity index (χ0n) is 19.5. The normalized spacial score (nSPS) is 24.2. The van der Waals surface area contributed by atoms with Crippen molar-refractivity contribution < 1.29 is 45.1 Å². The number of alkyl halides is 6. The summed E-state index contributed by atoms with van der Waals surface area (Å²) >= 11 is 0. The molecule has 0 spiro atoms. The van der Waals surface area contributed by atoms with E-state index in [1.165, 1.54) is 31.2 Å². The molecular formula is C25H23F7N2O3. The number of piperidine rings is 1. The van der Waals surface area contributed by atoms with Crippen molar-refractivity contribution in [1.82, 2.24) is 10.2 Å². The molecule has 0 saturated carbocycles. The number of halogens is 7. The minimum atomic E-state index is -4.99. The van der Waals surface area contributed by atoms with E-state index in [-0.39, 0.29) is 36.4 Å². The zero-order chi connectivity index (χ0) is 27.1. The van der Waals surface area contributed by atoms with Gasteiger partial charge in [0.25, 0.3) is 0 Å². The van der Waals surface area contributed by atoms with Crippen LogP contribution in [-0.2, 0) is 33.3 Å². The predicted molar refractivity (Wildman–Crippen MR) is 117 cm³/mol. The lowest BCUT2D eigenvalue weighted by Crippen LogP contribution is -2.51. The molecule has 5 nitrogen and oxygen atoms in total. The molecule has 2 aliphatic rings. The molecule has 2 fully saturated rings. The SMILES string of the molecule is CC(=O)NC1CC(=O)N2CC(OCc3cc(C(F)(F)F)cc(C(F)(F)F)c3)C(c3ccc(F)cc3)C2C1. The van der Waals surface area contributed by atoms with Crippen molar-refractivity contribution in [3.63, 3.8) is 0 Å². The number of benzene rings is 2.